The zero-order chi connectivity index (χ0) is 22.1. The van der Waals surface area contributed by atoms with Crippen molar-refractivity contribution in [3.05, 3.63) is 30.1 Å². The average Bonchev–Trinajstić information content (AvgIpc) is 3.11. The van der Waals surface area contributed by atoms with Crippen LogP contribution in [0.5, 0.6) is 5.75 Å². The van der Waals surface area contributed by atoms with Crippen LogP contribution in [0.15, 0.2) is 29.3 Å². The summed E-state index contributed by atoms with van der Waals surface area (Å²) >= 11 is 0. The van der Waals surface area contributed by atoms with Gasteiger partial charge in [-0.1, -0.05) is 0 Å². The summed E-state index contributed by atoms with van der Waals surface area (Å²) in [5.41, 5.74) is -0.537. The number of carbonyl (C=O) groups excluding carboxylic acids is 1. The van der Waals surface area contributed by atoms with E-state index in [1.807, 2.05) is 32.6 Å². The highest BCUT2D eigenvalue weighted by molar-refractivity contribution is 5.80. The van der Waals surface area contributed by atoms with Gasteiger partial charge in [0.15, 0.2) is 5.96 Å². The number of likely N-dealkylation sites (tertiary alicyclic amines) is 1. The highest BCUT2D eigenvalue weighted by Gasteiger charge is 2.28. The van der Waals surface area contributed by atoms with Crippen LogP contribution >= 0.6 is 0 Å². The standard InChI is InChI=1S/C21H33FN4O4/c1-5-23-19(24-12-17(27)14-29-18-8-6-15(22)7-9-18)26-11-10-16(13-26)25-20(28)30-21(2,3)4/h6-9,16-17,27H,5,10-14H2,1-4H3,(H,23,24)(H,25,28). The zero-order valence-electron chi connectivity index (χ0n) is 18.2. The molecular formula is C21H33FN4O4. The van der Waals surface area contributed by atoms with E-state index in [1.54, 1.807) is 0 Å². The Morgan fingerprint density at radius 1 is 1.37 bits per heavy atom. The Labute approximate surface area is 177 Å². The van der Waals surface area contributed by atoms with Gasteiger partial charge in [0.25, 0.3) is 0 Å². The number of aliphatic hydroxyl groups excluding tert-OH is 1. The smallest absolute Gasteiger partial charge is 0.407 e. The molecule has 30 heavy (non-hydrogen) atoms. The van der Waals surface area contributed by atoms with Crippen LogP contribution < -0.4 is 15.4 Å². The number of rotatable bonds is 7. The van der Waals surface area contributed by atoms with Gasteiger partial charge in [-0.25, -0.2) is 9.18 Å². The van der Waals surface area contributed by atoms with Crippen LogP contribution in [0.1, 0.15) is 34.1 Å². The molecule has 1 aromatic carbocycles. The maximum Gasteiger partial charge on any atom is 0.407 e. The summed E-state index contributed by atoms with van der Waals surface area (Å²) in [5.74, 6) is 0.821. The minimum absolute atomic E-state index is 0.0320. The third-order valence-electron chi connectivity index (χ3n) is 4.25. The van der Waals surface area contributed by atoms with E-state index in [4.69, 9.17) is 9.47 Å². The number of ether oxygens (including phenoxy) is 2. The molecule has 0 aromatic heterocycles. The predicted octanol–water partition coefficient (Wildman–Crippen LogP) is 2.13. The fraction of sp³-hybridized carbons (Fsp3) is 0.619. The molecule has 0 saturated carbocycles. The molecule has 2 unspecified atom stereocenters. The molecule has 1 fully saturated rings. The van der Waals surface area contributed by atoms with Gasteiger partial charge in [-0.2, -0.15) is 0 Å². The molecule has 0 spiro atoms. The molecule has 168 valence electrons. The van der Waals surface area contributed by atoms with Gasteiger partial charge in [0.1, 0.15) is 29.9 Å². The Kier molecular flexibility index (Phi) is 8.71. The van der Waals surface area contributed by atoms with Gasteiger partial charge in [-0.15, -0.1) is 0 Å². The molecule has 0 bridgehead atoms. The molecule has 2 rings (SSSR count). The second-order valence-corrected chi connectivity index (χ2v) is 8.19. The van der Waals surface area contributed by atoms with Crippen molar-refractivity contribution in [2.75, 3.05) is 32.8 Å². The molecule has 1 heterocycles. The van der Waals surface area contributed by atoms with Crippen molar-refractivity contribution < 1.29 is 23.8 Å². The van der Waals surface area contributed by atoms with E-state index in [0.717, 1.165) is 13.0 Å². The van der Waals surface area contributed by atoms with Crippen LogP contribution in [-0.4, -0.2) is 72.6 Å². The van der Waals surface area contributed by atoms with Crippen molar-refractivity contribution in [2.45, 2.75) is 51.9 Å². The summed E-state index contributed by atoms with van der Waals surface area (Å²) in [6.45, 7) is 9.68. The van der Waals surface area contributed by atoms with Gasteiger partial charge in [-0.3, -0.25) is 4.99 Å². The topological polar surface area (TPSA) is 95.4 Å². The lowest BCUT2D eigenvalue weighted by atomic mass is 10.2. The van der Waals surface area contributed by atoms with Crippen LogP contribution in [0.4, 0.5) is 9.18 Å². The van der Waals surface area contributed by atoms with Gasteiger partial charge >= 0.3 is 6.09 Å². The van der Waals surface area contributed by atoms with Gasteiger partial charge in [0.2, 0.25) is 0 Å². The number of hydrogen-bond acceptors (Lipinski definition) is 5. The second-order valence-electron chi connectivity index (χ2n) is 8.19. The van der Waals surface area contributed by atoms with E-state index < -0.39 is 17.8 Å². The maximum atomic E-state index is 12.9. The molecule has 1 amide bonds. The Hall–Kier alpha value is -2.55. The van der Waals surface area contributed by atoms with Gasteiger partial charge in [0, 0.05) is 19.6 Å². The second kappa shape index (κ2) is 11.0. The fourth-order valence-electron chi connectivity index (χ4n) is 2.94. The maximum absolute atomic E-state index is 12.9. The highest BCUT2D eigenvalue weighted by Crippen LogP contribution is 2.13. The lowest BCUT2D eigenvalue weighted by Crippen LogP contribution is -2.44. The van der Waals surface area contributed by atoms with E-state index in [1.165, 1.54) is 24.3 Å². The molecule has 3 N–H and O–H groups in total. The third-order valence-corrected chi connectivity index (χ3v) is 4.25. The molecule has 0 radical (unpaired) electrons. The first-order chi connectivity index (χ1) is 14.2. The SMILES string of the molecule is CCNC(=NCC(O)COc1ccc(F)cc1)N1CCC(NC(=O)OC(C)(C)C)C1. The number of nitrogens with one attached hydrogen (secondary N) is 2. The van der Waals surface area contributed by atoms with E-state index >= 15 is 0 Å². The third kappa shape index (κ3) is 8.44. The van der Waals surface area contributed by atoms with Crippen molar-refractivity contribution in [1.29, 1.82) is 0 Å². The molecule has 0 aliphatic carbocycles. The van der Waals surface area contributed by atoms with Crippen LogP contribution in [0.2, 0.25) is 0 Å². The molecule has 8 nitrogen and oxygen atoms in total. The van der Waals surface area contributed by atoms with Crippen molar-refractivity contribution >= 4 is 12.1 Å². The number of alkyl carbamates (subject to hydrolysis) is 1. The zero-order valence-corrected chi connectivity index (χ0v) is 18.2. The van der Waals surface area contributed by atoms with E-state index in [2.05, 4.69) is 15.6 Å². The summed E-state index contributed by atoms with van der Waals surface area (Å²) in [6.07, 6.45) is -0.452. The Balaban J connectivity index is 1.83. The molecule has 1 saturated heterocycles. The van der Waals surface area contributed by atoms with Gasteiger partial charge < -0.3 is 30.1 Å². The summed E-state index contributed by atoms with van der Waals surface area (Å²) in [7, 11) is 0. The summed E-state index contributed by atoms with van der Waals surface area (Å²) in [4.78, 5) is 18.5. The summed E-state index contributed by atoms with van der Waals surface area (Å²) in [5, 5.41) is 16.3. The summed E-state index contributed by atoms with van der Waals surface area (Å²) in [6, 6.07) is 5.60. The van der Waals surface area contributed by atoms with Crippen LogP contribution in [-0.2, 0) is 4.74 Å². The van der Waals surface area contributed by atoms with Crippen LogP contribution in [0.3, 0.4) is 0 Å². The minimum Gasteiger partial charge on any atom is -0.491 e. The first-order valence-electron chi connectivity index (χ1n) is 10.3. The van der Waals surface area contributed by atoms with Gasteiger partial charge in [0.05, 0.1) is 12.6 Å². The molecule has 9 heteroatoms. The molecule has 1 aliphatic heterocycles. The Bertz CT molecular complexity index is 706. The quantitative estimate of drug-likeness (QED) is 0.459. The number of amides is 1. The number of halogens is 1. The monoisotopic (exact) mass is 424 g/mol. The number of benzene rings is 1. The Morgan fingerprint density at radius 3 is 2.70 bits per heavy atom. The average molecular weight is 425 g/mol. The van der Waals surface area contributed by atoms with Crippen molar-refractivity contribution in [3.63, 3.8) is 0 Å². The number of hydrogen-bond donors (Lipinski definition) is 3. The first-order valence-corrected chi connectivity index (χ1v) is 10.3. The van der Waals surface area contributed by atoms with E-state index in [0.29, 0.717) is 24.8 Å². The number of guanidine groups is 1. The molecule has 2 atom stereocenters. The molecular weight excluding hydrogens is 391 g/mol. The largest absolute Gasteiger partial charge is 0.491 e. The highest BCUT2D eigenvalue weighted by atomic mass is 19.1. The lowest BCUT2D eigenvalue weighted by molar-refractivity contribution is 0.0507. The van der Waals surface area contributed by atoms with Crippen molar-refractivity contribution in [2.24, 2.45) is 4.99 Å². The number of carbonyl (C=O) groups is 1. The van der Waals surface area contributed by atoms with E-state index in [9.17, 15) is 14.3 Å². The van der Waals surface area contributed by atoms with Crippen LogP contribution in [0, 0.1) is 5.82 Å². The first kappa shape index (κ1) is 23.7. The number of aliphatic hydroxyl groups is 1. The molecule has 1 aliphatic rings. The van der Waals surface area contributed by atoms with E-state index in [-0.39, 0.29) is 25.0 Å². The normalized spacial score (nSPS) is 18.1. The summed E-state index contributed by atoms with van der Waals surface area (Å²) < 4.78 is 23.7. The fourth-order valence-corrected chi connectivity index (χ4v) is 2.94. The minimum atomic E-state index is -0.804. The van der Waals surface area contributed by atoms with Crippen LogP contribution in [0.25, 0.3) is 0 Å². The predicted molar refractivity (Wildman–Crippen MR) is 113 cm³/mol. The van der Waals surface area contributed by atoms with Gasteiger partial charge in [-0.05, 0) is 58.4 Å². The van der Waals surface area contributed by atoms with Crippen molar-refractivity contribution in [3.8, 4) is 5.75 Å². The number of nitrogens with zero attached hydrogens (tertiary/aromatic N) is 2. The Morgan fingerprint density at radius 2 is 2.07 bits per heavy atom. The lowest BCUT2D eigenvalue weighted by Gasteiger charge is -2.23. The molecule has 1 aromatic rings. The number of aliphatic imine (C=N–C) groups is 1. The van der Waals surface area contributed by atoms with Crippen molar-refractivity contribution in [1.82, 2.24) is 15.5 Å².